The van der Waals surface area contributed by atoms with Gasteiger partial charge in [-0.1, -0.05) is 6.07 Å². The minimum absolute atomic E-state index is 0.0323. The Morgan fingerprint density at radius 3 is 2.57 bits per heavy atom. The quantitative estimate of drug-likeness (QED) is 0.709. The molecule has 2 rings (SSSR count). The molecule has 0 radical (unpaired) electrons. The van der Waals surface area contributed by atoms with Crippen LogP contribution in [0.2, 0.25) is 0 Å². The molecule has 1 heterocycles. The van der Waals surface area contributed by atoms with Gasteiger partial charge in [0.1, 0.15) is 4.90 Å². The molecule has 9 heteroatoms. The van der Waals surface area contributed by atoms with E-state index in [1.165, 1.54) is 14.2 Å². The Kier molecular flexibility index (Phi) is 6.01. The summed E-state index contributed by atoms with van der Waals surface area (Å²) in [7, 11) is -1.02. The van der Waals surface area contributed by atoms with Crippen molar-refractivity contribution in [1.82, 2.24) is 9.71 Å². The molecule has 0 saturated carbocycles. The predicted molar refractivity (Wildman–Crippen MR) is 93.2 cm³/mol. The second-order valence-electron chi connectivity index (χ2n) is 4.42. The van der Waals surface area contributed by atoms with Gasteiger partial charge in [0.05, 0.1) is 18.7 Å². The summed E-state index contributed by atoms with van der Waals surface area (Å²) in [5.41, 5.74) is 0.744. The molecule has 1 aromatic carbocycles. The maximum Gasteiger partial charge on any atom is 0.245 e. The van der Waals surface area contributed by atoms with Crippen LogP contribution in [0.25, 0.3) is 0 Å². The molecule has 6 nitrogen and oxygen atoms in total. The lowest BCUT2D eigenvalue weighted by Crippen LogP contribution is -2.24. The van der Waals surface area contributed by atoms with E-state index >= 15 is 0 Å². The monoisotopic (exact) mass is 464 g/mol. The number of nitrogens with one attached hydrogen (secondary N) is 1. The Balaban J connectivity index is 2.44. The highest BCUT2D eigenvalue weighted by Crippen LogP contribution is 2.43. The Bertz CT molecular complexity index is 798. The first-order valence-corrected chi connectivity index (χ1v) is 9.46. The van der Waals surface area contributed by atoms with Gasteiger partial charge in [0.2, 0.25) is 10.0 Å². The molecule has 23 heavy (non-hydrogen) atoms. The molecule has 1 N–H and O–H groups in total. The average Bonchev–Trinajstić information content (AvgIpc) is 2.55. The summed E-state index contributed by atoms with van der Waals surface area (Å²) in [5.74, 6) is 0.436. The molecule has 1 aromatic heterocycles. The van der Waals surface area contributed by atoms with E-state index in [-0.39, 0.29) is 17.2 Å². The Labute approximate surface area is 151 Å². The molecule has 0 fully saturated rings. The molecule has 0 saturated heterocycles. The third-order valence-electron chi connectivity index (χ3n) is 2.98. The zero-order valence-corrected chi connectivity index (χ0v) is 16.3. The van der Waals surface area contributed by atoms with Gasteiger partial charge in [-0.05, 0) is 49.6 Å². The maximum atomic E-state index is 12.7. The van der Waals surface area contributed by atoms with Gasteiger partial charge in [-0.25, -0.2) is 13.1 Å². The molecule has 2 aromatic rings. The fourth-order valence-electron chi connectivity index (χ4n) is 1.90. The van der Waals surface area contributed by atoms with Crippen molar-refractivity contribution in [1.29, 1.82) is 0 Å². The SMILES string of the molecule is COc1cc(Br)c(Br)c(S(=O)(=O)NCc2cccnc2)c1OC. The number of pyridine rings is 1. The van der Waals surface area contributed by atoms with Crippen LogP contribution in [0.4, 0.5) is 0 Å². The lowest BCUT2D eigenvalue weighted by molar-refractivity contribution is 0.345. The van der Waals surface area contributed by atoms with Crippen LogP contribution in [-0.4, -0.2) is 27.6 Å². The zero-order chi connectivity index (χ0) is 17.0. The third kappa shape index (κ3) is 4.03. The van der Waals surface area contributed by atoms with Gasteiger partial charge in [0, 0.05) is 23.4 Å². The predicted octanol–water partition coefficient (Wildman–Crippen LogP) is 3.10. The molecule has 0 atom stereocenters. The van der Waals surface area contributed by atoms with E-state index in [2.05, 4.69) is 41.6 Å². The molecule has 124 valence electrons. The first-order chi connectivity index (χ1) is 10.9. The summed E-state index contributed by atoms with van der Waals surface area (Å²) in [6.07, 6.45) is 3.22. The molecule has 0 spiro atoms. The number of nitrogens with zero attached hydrogens (tertiary/aromatic N) is 1. The minimum atomic E-state index is -3.85. The normalized spacial score (nSPS) is 11.3. The minimum Gasteiger partial charge on any atom is -0.493 e. The van der Waals surface area contributed by atoms with E-state index in [9.17, 15) is 8.42 Å². The zero-order valence-electron chi connectivity index (χ0n) is 12.3. The second kappa shape index (κ2) is 7.61. The van der Waals surface area contributed by atoms with Crippen molar-refractivity contribution in [3.63, 3.8) is 0 Å². The number of methoxy groups -OCH3 is 2. The van der Waals surface area contributed by atoms with Gasteiger partial charge >= 0.3 is 0 Å². The van der Waals surface area contributed by atoms with E-state index in [1.807, 2.05) is 0 Å². The highest BCUT2D eigenvalue weighted by atomic mass is 79.9. The summed E-state index contributed by atoms with van der Waals surface area (Å²) in [6.45, 7) is 0.112. The average molecular weight is 466 g/mol. The van der Waals surface area contributed by atoms with Crippen molar-refractivity contribution in [3.05, 3.63) is 45.1 Å². The lowest BCUT2D eigenvalue weighted by Gasteiger charge is -2.16. The molecular formula is C14H14Br2N2O4S. The number of hydrogen-bond acceptors (Lipinski definition) is 5. The van der Waals surface area contributed by atoms with Crippen LogP contribution in [0.15, 0.2) is 44.4 Å². The topological polar surface area (TPSA) is 77.5 Å². The van der Waals surface area contributed by atoms with E-state index < -0.39 is 10.0 Å². The van der Waals surface area contributed by atoms with Gasteiger partial charge in [-0.2, -0.15) is 0 Å². The van der Waals surface area contributed by atoms with E-state index in [4.69, 9.17) is 9.47 Å². The largest absolute Gasteiger partial charge is 0.493 e. The van der Waals surface area contributed by atoms with Crippen LogP contribution in [0.1, 0.15) is 5.56 Å². The van der Waals surface area contributed by atoms with E-state index in [1.54, 1.807) is 30.6 Å². The molecule has 0 aliphatic heterocycles. The third-order valence-corrected chi connectivity index (χ3v) is 6.67. The first kappa shape index (κ1) is 18.2. The summed E-state index contributed by atoms with van der Waals surface area (Å²) >= 11 is 6.59. The summed E-state index contributed by atoms with van der Waals surface area (Å²) < 4.78 is 39.3. The molecule has 0 aliphatic rings. The molecule has 0 bridgehead atoms. The second-order valence-corrected chi connectivity index (χ2v) is 7.77. The number of aromatic nitrogens is 1. The molecule has 0 aliphatic carbocycles. The fourth-order valence-corrected chi connectivity index (χ4v) is 4.65. The van der Waals surface area contributed by atoms with Gasteiger partial charge in [-0.15, -0.1) is 0 Å². The van der Waals surface area contributed by atoms with Crippen LogP contribution in [0.5, 0.6) is 11.5 Å². The van der Waals surface area contributed by atoms with Crippen LogP contribution >= 0.6 is 31.9 Å². The number of rotatable bonds is 6. The highest BCUT2D eigenvalue weighted by Gasteiger charge is 2.28. The van der Waals surface area contributed by atoms with Crippen molar-refractivity contribution in [2.75, 3.05) is 14.2 Å². The van der Waals surface area contributed by atoms with E-state index in [0.717, 1.165) is 5.56 Å². The van der Waals surface area contributed by atoms with Crippen molar-refractivity contribution >= 4 is 41.9 Å². The first-order valence-electron chi connectivity index (χ1n) is 6.39. The fraction of sp³-hybridized carbons (Fsp3) is 0.214. The highest BCUT2D eigenvalue weighted by molar-refractivity contribution is 9.13. The standard InChI is InChI=1S/C14H14Br2N2O4S/c1-21-11-6-10(15)12(16)14(13(11)22-2)23(19,20)18-8-9-4-3-5-17-7-9/h3-7,18H,8H2,1-2H3. The molecular weight excluding hydrogens is 452 g/mol. The number of halogens is 2. The number of benzene rings is 1. The summed E-state index contributed by atoms with van der Waals surface area (Å²) in [4.78, 5) is 3.92. The van der Waals surface area contributed by atoms with Crippen LogP contribution in [-0.2, 0) is 16.6 Å². The van der Waals surface area contributed by atoms with Crippen LogP contribution < -0.4 is 14.2 Å². The van der Waals surface area contributed by atoms with E-state index in [0.29, 0.717) is 14.7 Å². The lowest BCUT2D eigenvalue weighted by atomic mass is 10.3. The number of sulfonamides is 1. The smallest absolute Gasteiger partial charge is 0.245 e. The van der Waals surface area contributed by atoms with Crippen molar-refractivity contribution in [2.24, 2.45) is 0 Å². The van der Waals surface area contributed by atoms with Crippen LogP contribution in [0.3, 0.4) is 0 Å². The van der Waals surface area contributed by atoms with Crippen molar-refractivity contribution in [2.45, 2.75) is 11.4 Å². The Morgan fingerprint density at radius 1 is 1.26 bits per heavy atom. The Morgan fingerprint density at radius 2 is 2.00 bits per heavy atom. The van der Waals surface area contributed by atoms with Gasteiger partial charge in [0.25, 0.3) is 0 Å². The van der Waals surface area contributed by atoms with Gasteiger partial charge < -0.3 is 9.47 Å². The van der Waals surface area contributed by atoms with Gasteiger partial charge in [-0.3, -0.25) is 4.98 Å². The van der Waals surface area contributed by atoms with Crippen LogP contribution in [0, 0.1) is 0 Å². The number of hydrogen-bond donors (Lipinski definition) is 1. The van der Waals surface area contributed by atoms with Crippen molar-refractivity contribution in [3.8, 4) is 11.5 Å². The summed E-state index contributed by atoms with van der Waals surface area (Å²) in [6, 6.07) is 5.15. The summed E-state index contributed by atoms with van der Waals surface area (Å²) in [5, 5.41) is 0. The van der Waals surface area contributed by atoms with Gasteiger partial charge in [0.15, 0.2) is 11.5 Å². The number of ether oxygens (including phenoxy) is 2. The molecule has 0 amide bonds. The molecule has 0 unspecified atom stereocenters. The van der Waals surface area contributed by atoms with Crippen molar-refractivity contribution < 1.29 is 17.9 Å². The maximum absolute atomic E-state index is 12.7. The Hall–Kier alpha value is -1.16.